The van der Waals surface area contributed by atoms with Gasteiger partial charge in [0.15, 0.2) is 5.82 Å². The Morgan fingerprint density at radius 2 is 1.88 bits per heavy atom. The van der Waals surface area contributed by atoms with Crippen molar-refractivity contribution in [1.29, 1.82) is 0 Å². The molecule has 8 nitrogen and oxygen atoms in total. The minimum absolute atomic E-state index is 0.00168. The van der Waals surface area contributed by atoms with E-state index in [2.05, 4.69) is 15.2 Å². The quantitative estimate of drug-likeness (QED) is 0.798. The van der Waals surface area contributed by atoms with Gasteiger partial charge in [0, 0.05) is 19.2 Å². The maximum absolute atomic E-state index is 11.9. The zero-order chi connectivity index (χ0) is 18.4. The van der Waals surface area contributed by atoms with Crippen LogP contribution in [0.5, 0.6) is 11.5 Å². The van der Waals surface area contributed by atoms with Crippen LogP contribution in [0.3, 0.4) is 0 Å². The lowest BCUT2D eigenvalue weighted by atomic mass is 10.3. The SMILES string of the molecule is CCN(CC)C(=O)Oc1ccc(/N=N/c2cc(O)c(C)nc2N)cc1. The molecule has 2 aromatic rings. The Morgan fingerprint density at radius 3 is 2.48 bits per heavy atom. The van der Waals surface area contributed by atoms with E-state index in [4.69, 9.17) is 10.5 Å². The zero-order valence-electron chi connectivity index (χ0n) is 14.4. The van der Waals surface area contributed by atoms with Gasteiger partial charge in [-0.15, -0.1) is 5.11 Å². The van der Waals surface area contributed by atoms with E-state index in [-0.39, 0.29) is 17.3 Å². The molecule has 1 amide bonds. The van der Waals surface area contributed by atoms with Crippen LogP contribution in [0.25, 0.3) is 0 Å². The molecule has 25 heavy (non-hydrogen) atoms. The van der Waals surface area contributed by atoms with Crippen molar-refractivity contribution in [3.05, 3.63) is 36.0 Å². The van der Waals surface area contributed by atoms with E-state index in [1.54, 1.807) is 36.1 Å². The minimum Gasteiger partial charge on any atom is -0.506 e. The monoisotopic (exact) mass is 343 g/mol. The molecule has 0 fully saturated rings. The maximum Gasteiger partial charge on any atom is 0.415 e. The molecule has 0 aliphatic carbocycles. The lowest BCUT2D eigenvalue weighted by molar-refractivity contribution is 0.157. The van der Waals surface area contributed by atoms with E-state index in [0.29, 0.717) is 30.2 Å². The number of ether oxygens (including phenoxy) is 1. The van der Waals surface area contributed by atoms with Crippen molar-refractivity contribution in [2.75, 3.05) is 18.8 Å². The van der Waals surface area contributed by atoms with Crippen LogP contribution in [0.2, 0.25) is 0 Å². The van der Waals surface area contributed by atoms with Crippen molar-refractivity contribution in [3.63, 3.8) is 0 Å². The summed E-state index contributed by atoms with van der Waals surface area (Å²) in [7, 11) is 0. The van der Waals surface area contributed by atoms with Gasteiger partial charge in [0.2, 0.25) is 0 Å². The van der Waals surface area contributed by atoms with Gasteiger partial charge in [0.05, 0.1) is 11.4 Å². The summed E-state index contributed by atoms with van der Waals surface area (Å²) in [6.45, 7) is 6.58. The number of nitrogens with two attached hydrogens (primary N) is 1. The summed E-state index contributed by atoms with van der Waals surface area (Å²) in [6.07, 6.45) is -0.395. The van der Waals surface area contributed by atoms with Gasteiger partial charge in [-0.2, -0.15) is 5.11 Å². The number of carbonyl (C=O) groups excluding carboxylic acids is 1. The molecule has 0 bridgehead atoms. The van der Waals surface area contributed by atoms with E-state index in [0.717, 1.165) is 0 Å². The van der Waals surface area contributed by atoms with E-state index >= 15 is 0 Å². The van der Waals surface area contributed by atoms with E-state index < -0.39 is 6.09 Å². The predicted octanol–water partition coefficient (Wildman–Crippen LogP) is 3.93. The van der Waals surface area contributed by atoms with Gasteiger partial charge in [-0.25, -0.2) is 9.78 Å². The van der Waals surface area contributed by atoms with Crippen molar-refractivity contribution >= 4 is 23.3 Å². The summed E-state index contributed by atoms with van der Waals surface area (Å²) >= 11 is 0. The highest BCUT2D eigenvalue weighted by Crippen LogP contribution is 2.29. The van der Waals surface area contributed by atoms with Gasteiger partial charge in [0.25, 0.3) is 0 Å². The van der Waals surface area contributed by atoms with Crippen LogP contribution >= 0.6 is 0 Å². The smallest absolute Gasteiger partial charge is 0.415 e. The molecule has 0 saturated carbocycles. The summed E-state index contributed by atoms with van der Waals surface area (Å²) in [6, 6.07) is 7.98. The Balaban J connectivity index is 2.08. The number of hydrogen-bond donors (Lipinski definition) is 2. The lowest BCUT2D eigenvalue weighted by Crippen LogP contribution is -2.33. The van der Waals surface area contributed by atoms with E-state index in [1.165, 1.54) is 6.07 Å². The normalized spacial score (nSPS) is 10.8. The van der Waals surface area contributed by atoms with Crippen LogP contribution < -0.4 is 10.5 Å². The number of carbonyl (C=O) groups is 1. The number of anilines is 1. The number of aryl methyl sites for hydroxylation is 1. The molecular formula is C17H21N5O3. The van der Waals surface area contributed by atoms with Crippen LogP contribution in [-0.4, -0.2) is 34.2 Å². The molecule has 132 valence electrons. The van der Waals surface area contributed by atoms with Gasteiger partial charge < -0.3 is 20.5 Å². The number of azo groups is 1. The Labute approximate surface area is 146 Å². The van der Waals surface area contributed by atoms with Crippen LogP contribution in [0.1, 0.15) is 19.5 Å². The Bertz CT molecular complexity index is 771. The highest BCUT2D eigenvalue weighted by Gasteiger charge is 2.11. The molecule has 0 radical (unpaired) electrons. The third kappa shape index (κ3) is 4.66. The second-order valence-corrected chi connectivity index (χ2v) is 5.23. The molecule has 1 heterocycles. The van der Waals surface area contributed by atoms with Gasteiger partial charge in [0.1, 0.15) is 17.2 Å². The summed E-state index contributed by atoms with van der Waals surface area (Å²) in [4.78, 5) is 17.4. The minimum atomic E-state index is -0.395. The van der Waals surface area contributed by atoms with Gasteiger partial charge in [-0.3, -0.25) is 0 Å². The molecular weight excluding hydrogens is 322 g/mol. The molecule has 8 heteroatoms. The van der Waals surface area contributed by atoms with E-state index in [9.17, 15) is 9.90 Å². The summed E-state index contributed by atoms with van der Waals surface area (Å²) in [5.41, 5.74) is 7.00. The molecule has 0 unspecified atom stereocenters. The fourth-order valence-corrected chi connectivity index (χ4v) is 2.02. The van der Waals surface area contributed by atoms with Crippen molar-refractivity contribution < 1.29 is 14.6 Å². The first-order valence-electron chi connectivity index (χ1n) is 7.89. The average Bonchev–Trinajstić information content (AvgIpc) is 2.59. The first kappa shape index (κ1) is 18.2. The van der Waals surface area contributed by atoms with Crippen LogP contribution in [0.4, 0.5) is 22.0 Å². The number of benzene rings is 1. The number of amides is 1. The number of aromatic hydroxyl groups is 1. The third-order valence-electron chi connectivity index (χ3n) is 3.53. The third-order valence-corrected chi connectivity index (χ3v) is 3.53. The fourth-order valence-electron chi connectivity index (χ4n) is 2.02. The zero-order valence-corrected chi connectivity index (χ0v) is 14.4. The molecule has 0 aliphatic rings. The highest BCUT2D eigenvalue weighted by atomic mass is 16.6. The summed E-state index contributed by atoms with van der Waals surface area (Å²) in [5, 5.41) is 17.7. The predicted molar refractivity (Wildman–Crippen MR) is 94.6 cm³/mol. The molecule has 0 saturated heterocycles. The second-order valence-electron chi connectivity index (χ2n) is 5.23. The topological polar surface area (TPSA) is 113 Å². The number of pyridine rings is 1. The Hall–Kier alpha value is -3.16. The summed E-state index contributed by atoms with van der Waals surface area (Å²) in [5.74, 6) is 0.607. The molecule has 1 aromatic carbocycles. The number of hydrogen-bond acceptors (Lipinski definition) is 7. The summed E-state index contributed by atoms with van der Waals surface area (Å²) < 4.78 is 5.28. The number of nitrogen functional groups attached to an aromatic ring is 1. The number of nitrogens with zero attached hydrogens (tertiary/aromatic N) is 4. The van der Waals surface area contributed by atoms with E-state index in [1.807, 2.05) is 13.8 Å². The Kier molecular flexibility index (Phi) is 5.89. The van der Waals surface area contributed by atoms with Crippen molar-refractivity contribution in [1.82, 2.24) is 9.88 Å². The largest absolute Gasteiger partial charge is 0.506 e. The average molecular weight is 343 g/mol. The standard InChI is InChI=1S/C17H21N5O3/c1-4-22(5-2)17(24)25-13-8-6-12(7-9-13)20-21-14-10-15(23)11(3)19-16(14)18/h6-10,23H,4-5H2,1-3H3,(H2,18,19)/b21-20+. The number of rotatable bonds is 5. The first-order chi connectivity index (χ1) is 11.9. The molecule has 0 aliphatic heterocycles. The maximum atomic E-state index is 11.9. The Morgan fingerprint density at radius 1 is 1.24 bits per heavy atom. The number of aromatic nitrogens is 1. The molecule has 3 N–H and O–H groups in total. The van der Waals surface area contributed by atoms with Gasteiger partial charge >= 0.3 is 6.09 Å². The fraction of sp³-hybridized carbons (Fsp3) is 0.294. The molecule has 0 spiro atoms. The van der Waals surface area contributed by atoms with Crippen molar-refractivity contribution in [3.8, 4) is 11.5 Å². The lowest BCUT2D eigenvalue weighted by Gasteiger charge is -2.17. The van der Waals surface area contributed by atoms with Crippen LogP contribution in [0.15, 0.2) is 40.6 Å². The van der Waals surface area contributed by atoms with Crippen molar-refractivity contribution in [2.45, 2.75) is 20.8 Å². The molecule has 0 atom stereocenters. The first-order valence-corrected chi connectivity index (χ1v) is 7.89. The van der Waals surface area contributed by atoms with Gasteiger partial charge in [-0.1, -0.05) is 0 Å². The molecule has 2 rings (SSSR count). The molecule has 1 aromatic heterocycles. The second kappa shape index (κ2) is 8.09. The van der Waals surface area contributed by atoms with Crippen LogP contribution in [0, 0.1) is 6.92 Å². The van der Waals surface area contributed by atoms with Crippen molar-refractivity contribution in [2.24, 2.45) is 10.2 Å². The highest BCUT2D eigenvalue weighted by molar-refractivity contribution is 5.70. The van der Waals surface area contributed by atoms with Gasteiger partial charge in [-0.05, 0) is 45.0 Å². The van der Waals surface area contributed by atoms with Crippen LogP contribution in [-0.2, 0) is 0 Å².